The van der Waals surface area contributed by atoms with E-state index in [9.17, 15) is 0 Å². The zero-order valence-electron chi connectivity index (χ0n) is 13.1. The van der Waals surface area contributed by atoms with Crippen molar-refractivity contribution in [3.8, 4) is 17.4 Å². The van der Waals surface area contributed by atoms with Gasteiger partial charge < -0.3 is 14.8 Å². The minimum Gasteiger partial charge on any atom is -0.493 e. The lowest BCUT2D eigenvalue weighted by Crippen LogP contribution is -2.12. The standard InChI is InChI=1S/C17H22N2O2/c1-5-18-11-14-9-13(3)19-17(10-14)21-15-7-6-12(2)8-16(15)20-4/h6-10,18H,5,11H2,1-4H3. The van der Waals surface area contributed by atoms with Crippen LogP contribution in [0.4, 0.5) is 0 Å². The van der Waals surface area contributed by atoms with Gasteiger partial charge in [-0.2, -0.15) is 0 Å². The normalized spacial score (nSPS) is 10.5. The molecule has 0 aliphatic carbocycles. The molecule has 2 aromatic rings. The van der Waals surface area contributed by atoms with E-state index in [-0.39, 0.29) is 0 Å². The molecule has 0 saturated carbocycles. The van der Waals surface area contributed by atoms with Crippen LogP contribution in [0.2, 0.25) is 0 Å². The molecule has 112 valence electrons. The van der Waals surface area contributed by atoms with E-state index >= 15 is 0 Å². The van der Waals surface area contributed by atoms with Crippen LogP contribution in [-0.4, -0.2) is 18.6 Å². The number of aryl methyl sites for hydroxylation is 2. The fourth-order valence-electron chi connectivity index (χ4n) is 2.10. The van der Waals surface area contributed by atoms with Crippen molar-refractivity contribution in [1.82, 2.24) is 10.3 Å². The summed E-state index contributed by atoms with van der Waals surface area (Å²) in [7, 11) is 1.64. The number of hydrogen-bond donors (Lipinski definition) is 1. The molecule has 0 atom stereocenters. The van der Waals surface area contributed by atoms with Gasteiger partial charge in [-0.15, -0.1) is 0 Å². The van der Waals surface area contributed by atoms with Crippen LogP contribution in [0.3, 0.4) is 0 Å². The first-order valence-corrected chi connectivity index (χ1v) is 7.13. The molecule has 0 spiro atoms. The van der Waals surface area contributed by atoms with Crippen molar-refractivity contribution in [2.24, 2.45) is 0 Å². The van der Waals surface area contributed by atoms with Gasteiger partial charge in [0.25, 0.3) is 0 Å². The number of pyridine rings is 1. The third kappa shape index (κ3) is 4.20. The molecule has 2 rings (SSSR count). The van der Waals surface area contributed by atoms with Crippen LogP contribution in [-0.2, 0) is 6.54 Å². The van der Waals surface area contributed by atoms with Crippen LogP contribution in [0, 0.1) is 13.8 Å². The lowest BCUT2D eigenvalue weighted by Gasteiger charge is -2.12. The number of rotatable bonds is 6. The summed E-state index contributed by atoms with van der Waals surface area (Å²) in [5.74, 6) is 1.98. The van der Waals surface area contributed by atoms with E-state index in [4.69, 9.17) is 9.47 Å². The summed E-state index contributed by atoms with van der Waals surface area (Å²) in [5, 5.41) is 3.30. The highest BCUT2D eigenvalue weighted by molar-refractivity contribution is 5.44. The van der Waals surface area contributed by atoms with Gasteiger partial charge in [-0.3, -0.25) is 0 Å². The average molecular weight is 286 g/mol. The molecule has 0 bridgehead atoms. The summed E-state index contributed by atoms with van der Waals surface area (Å²) in [6.45, 7) is 7.81. The Morgan fingerprint density at radius 2 is 1.90 bits per heavy atom. The Hall–Kier alpha value is -2.07. The fraction of sp³-hybridized carbons (Fsp3) is 0.353. The lowest BCUT2D eigenvalue weighted by atomic mass is 10.2. The summed E-state index contributed by atoms with van der Waals surface area (Å²) in [6, 6.07) is 9.86. The molecule has 0 fully saturated rings. The van der Waals surface area contributed by atoms with Crippen molar-refractivity contribution in [2.75, 3.05) is 13.7 Å². The average Bonchev–Trinajstić information content (AvgIpc) is 2.46. The summed E-state index contributed by atoms with van der Waals surface area (Å²) in [6.07, 6.45) is 0. The number of benzene rings is 1. The van der Waals surface area contributed by atoms with Gasteiger partial charge in [0.05, 0.1) is 7.11 Å². The van der Waals surface area contributed by atoms with Crippen LogP contribution in [0.1, 0.15) is 23.7 Å². The first-order chi connectivity index (χ1) is 10.1. The minimum absolute atomic E-state index is 0.588. The molecule has 0 unspecified atom stereocenters. The first kappa shape index (κ1) is 15.3. The van der Waals surface area contributed by atoms with Gasteiger partial charge in [0.2, 0.25) is 5.88 Å². The van der Waals surface area contributed by atoms with Gasteiger partial charge in [0.15, 0.2) is 11.5 Å². The summed E-state index contributed by atoms with van der Waals surface area (Å²) < 4.78 is 11.3. The van der Waals surface area contributed by atoms with Crippen LogP contribution in [0.25, 0.3) is 0 Å². The van der Waals surface area contributed by atoms with E-state index in [2.05, 4.69) is 23.3 Å². The zero-order valence-corrected chi connectivity index (χ0v) is 13.1. The van der Waals surface area contributed by atoms with E-state index in [0.29, 0.717) is 17.4 Å². The molecular formula is C17H22N2O2. The number of aromatic nitrogens is 1. The Bertz CT molecular complexity index is 612. The Labute approximate surface area is 126 Å². The molecule has 1 heterocycles. The van der Waals surface area contributed by atoms with Crippen molar-refractivity contribution in [2.45, 2.75) is 27.3 Å². The summed E-state index contributed by atoms with van der Waals surface area (Å²) in [5.41, 5.74) is 3.22. The molecule has 1 N–H and O–H groups in total. The van der Waals surface area contributed by atoms with Crippen molar-refractivity contribution in [3.63, 3.8) is 0 Å². The Balaban J connectivity index is 2.24. The van der Waals surface area contributed by atoms with E-state index in [1.54, 1.807) is 7.11 Å². The molecule has 0 saturated heterocycles. The molecule has 4 heteroatoms. The monoisotopic (exact) mass is 286 g/mol. The SMILES string of the molecule is CCNCc1cc(C)nc(Oc2ccc(C)cc2OC)c1. The largest absolute Gasteiger partial charge is 0.493 e. The third-order valence-electron chi connectivity index (χ3n) is 3.10. The number of ether oxygens (including phenoxy) is 2. The van der Waals surface area contributed by atoms with E-state index < -0.39 is 0 Å². The van der Waals surface area contributed by atoms with Crippen LogP contribution < -0.4 is 14.8 Å². The molecule has 0 aliphatic rings. The summed E-state index contributed by atoms with van der Waals surface area (Å²) in [4.78, 5) is 4.43. The first-order valence-electron chi connectivity index (χ1n) is 7.13. The number of nitrogens with one attached hydrogen (secondary N) is 1. The second kappa shape index (κ2) is 7.09. The predicted molar refractivity (Wildman–Crippen MR) is 84.2 cm³/mol. The van der Waals surface area contributed by atoms with Gasteiger partial charge in [0, 0.05) is 18.3 Å². The molecule has 4 nitrogen and oxygen atoms in total. The van der Waals surface area contributed by atoms with Gasteiger partial charge in [-0.1, -0.05) is 13.0 Å². The smallest absolute Gasteiger partial charge is 0.219 e. The minimum atomic E-state index is 0.588. The molecule has 0 radical (unpaired) electrons. The Morgan fingerprint density at radius 3 is 2.62 bits per heavy atom. The zero-order chi connectivity index (χ0) is 15.2. The molecule has 1 aromatic carbocycles. The summed E-state index contributed by atoms with van der Waals surface area (Å²) >= 11 is 0. The fourth-order valence-corrected chi connectivity index (χ4v) is 2.10. The molecule has 1 aromatic heterocycles. The topological polar surface area (TPSA) is 43.4 Å². The van der Waals surface area contributed by atoms with Gasteiger partial charge in [-0.05, 0) is 49.7 Å². The molecule has 0 amide bonds. The van der Waals surface area contributed by atoms with Gasteiger partial charge in [-0.25, -0.2) is 4.98 Å². The van der Waals surface area contributed by atoms with E-state index in [0.717, 1.165) is 29.9 Å². The van der Waals surface area contributed by atoms with E-state index in [1.165, 1.54) is 0 Å². The van der Waals surface area contributed by atoms with Crippen molar-refractivity contribution >= 4 is 0 Å². The second-order valence-electron chi connectivity index (χ2n) is 4.99. The third-order valence-corrected chi connectivity index (χ3v) is 3.10. The maximum Gasteiger partial charge on any atom is 0.219 e. The van der Waals surface area contributed by atoms with Gasteiger partial charge >= 0.3 is 0 Å². The molecular weight excluding hydrogens is 264 g/mol. The number of methoxy groups -OCH3 is 1. The van der Waals surface area contributed by atoms with Crippen LogP contribution in [0.15, 0.2) is 30.3 Å². The highest BCUT2D eigenvalue weighted by atomic mass is 16.5. The molecule has 21 heavy (non-hydrogen) atoms. The number of nitrogens with zero attached hydrogens (tertiary/aromatic N) is 1. The number of hydrogen-bond acceptors (Lipinski definition) is 4. The van der Waals surface area contributed by atoms with Crippen molar-refractivity contribution in [1.29, 1.82) is 0 Å². The maximum absolute atomic E-state index is 5.89. The quantitative estimate of drug-likeness (QED) is 0.881. The highest BCUT2D eigenvalue weighted by Crippen LogP contribution is 2.31. The highest BCUT2D eigenvalue weighted by Gasteiger charge is 2.08. The second-order valence-corrected chi connectivity index (χ2v) is 4.99. The lowest BCUT2D eigenvalue weighted by molar-refractivity contribution is 0.373. The van der Waals surface area contributed by atoms with Crippen molar-refractivity contribution in [3.05, 3.63) is 47.2 Å². The van der Waals surface area contributed by atoms with Crippen LogP contribution in [0.5, 0.6) is 17.4 Å². The predicted octanol–water partition coefficient (Wildman–Crippen LogP) is 3.61. The van der Waals surface area contributed by atoms with Crippen LogP contribution >= 0.6 is 0 Å². The maximum atomic E-state index is 5.89. The van der Waals surface area contributed by atoms with E-state index in [1.807, 2.05) is 38.1 Å². The van der Waals surface area contributed by atoms with Crippen molar-refractivity contribution < 1.29 is 9.47 Å². The molecule has 0 aliphatic heterocycles. The van der Waals surface area contributed by atoms with Gasteiger partial charge in [0.1, 0.15) is 0 Å². The Kier molecular flexibility index (Phi) is 5.17. The Morgan fingerprint density at radius 1 is 1.10 bits per heavy atom.